The van der Waals surface area contributed by atoms with Crippen molar-refractivity contribution in [2.75, 3.05) is 31.6 Å². The van der Waals surface area contributed by atoms with Crippen LogP contribution < -0.4 is 5.32 Å². The highest BCUT2D eigenvalue weighted by atomic mass is 19.1. The maximum atomic E-state index is 13.1. The number of carbonyl (C=O) groups excluding carboxylic acids is 1. The summed E-state index contributed by atoms with van der Waals surface area (Å²) in [6, 6.07) is 14.8. The molecule has 0 saturated carbocycles. The fourth-order valence-electron chi connectivity index (χ4n) is 3.71. The number of halogens is 1. The van der Waals surface area contributed by atoms with Crippen molar-refractivity contribution in [2.24, 2.45) is 0 Å². The first-order chi connectivity index (χ1) is 13.5. The van der Waals surface area contributed by atoms with Crippen LogP contribution in [0.3, 0.4) is 0 Å². The molecule has 1 aliphatic heterocycles. The van der Waals surface area contributed by atoms with Crippen molar-refractivity contribution >= 4 is 11.6 Å². The number of benzene rings is 2. The predicted octanol–water partition coefficient (Wildman–Crippen LogP) is 2.85. The molecular formula is C22H28FN3O2. The van der Waals surface area contributed by atoms with Crippen molar-refractivity contribution in [3.8, 4) is 0 Å². The van der Waals surface area contributed by atoms with Gasteiger partial charge >= 0.3 is 0 Å². The Labute approximate surface area is 165 Å². The third kappa shape index (κ3) is 5.86. The number of aliphatic hydroxyl groups excluding tert-OH is 1. The maximum absolute atomic E-state index is 13.1. The zero-order valence-electron chi connectivity index (χ0n) is 16.3. The van der Waals surface area contributed by atoms with Gasteiger partial charge in [-0.05, 0) is 41.8 Å². The van der Waals surface area contributed by atoms with Crippen molar-refractivity contribution < 1.29 is 14.3 Å². The first kappa shape index (κ1) is 20.5. The van der Waals surface area contributed by atoms with Crippen molar-refractivity contribution in [2.45, 2.75) is 32.5 Å². The molecule has 0 aliphatic carbocycles. The van der Waals surface area contributed by atoms with Crippen molar-refractivity contribution in [3.63, 3.8) is 0 Å². The van der Waals surface area contributed by atoms with Gasteiger partial charge in [0.2, 0.25) is 5.91 Å². The molecule has 1 unspecified atom stereocenters. The molecule has 0 spiro atoms. The van der Waals surface area contributed by atoms with E-state index in [0.717, 1.165) is 50.4 Å². The van der Waals surface area contributed by atoms with Gasteiger partial charge in [-0.15, -0.1) is 0 Å². The molecule has 6 heteroatoms. The fraction of sp³-hybridized carbons (Fsp3) is 0.409. The molecule has 28 heavy (non-hydrogen) atoms. The maximum Gasteiger partial charge on any atom is 0.221 e. The molecule has 0 aromatic heterocycles. The second-order valence-corrected chi connectivity index (χ2v) is 7.38. The van der Waals surface area contributed by atoms with Gasteiger partial charge in [-0.2, -0.15) is 0 Å². The molecule has 1 heterocycles. The second-order valence-electron chi connectivity index (χ2n) is 7.38. The Morgan fingerprint density at radius 1 is 1.07 bits per heavy atom. The third-order valence-electron chi connectivity index (χ3n) is 5.13. The van der Waals surface area contributed by atoms with Crippen molar-refractivity contribution in [1.82, 2.24) is 9.80 Å². The molecule has 1 amide bonds. The third-order valence-corrected chi connectivity index (χ3v) is 5.13. The summed E-state index contributed by atoms with van der Waals surface area (Å²) in [4.78, 5) is 15.9. The number of rotatable bonds is 7. The highest BCUT2D eigenvalue weighted by Gasteiger charge is 2.26. The van der Waals surface area contributed by atoms with E-state index in [1.165, 1.54) is 24.6 Å². The largest absolute Gasteiger partial charge is 0.396 e. The number of piperazine rings is 1. The predicted molar refractivity (Wildman–Crippen MR) is 108 cm³/mol. The lowest BCUT2D eigenvalue weighted by Crippen LogP contribution is -2.52. The number of amides is 1. The summed E-state index contributed by atoms with van der Waals surface area (Å²) < 4.78 is 13.1. The molecule has 1 fully saturated rings. The van der Waals surface area contributed by atoms with Gasteiger partial charge in [-0.1, -0.05) is 24.3 Å². The normalized spacial score (nSPS) is 18.2. The summed E-state index contributed by atoms with van der Waals surface area (Å²) in [5.41, 5.74) is 3.09. The molecule has 2 aromatic rings. The molecule has 2 aromatic carbocycles. The number of hydrogen-bond donors (Lipinski definition) is 2. The van der Waals surface area contributed by atoms with Gasteiger partial charge in [0, 0.05) is 58.0 Å². The van der Waals surface area contributed by atoms with Gasteiger partial charge < -0.3 is 10.4 Å². The molecule has 0 bridgehead atoms. The van der Waals surface area contributed by atoms with Crippen LogP contribution in [0.1, 0.15) is 24.5 Å². The molecule has 1 saturated heterocycles. The molecule has 150 valence electrons. The Bertz CT molecular complexity index is 764. The van der Waals surface area contributed by atoms with Crippen LogP contribution in [-0.2, 0) is 17.9 Å². The topological polar surface area (TPSA) is 55.8 Å². The van der Waals surface area contributed by atoms with E-state index in [1.54, 1.807) is 0 Å². The van der Waals surface area contributed by atoms with E-state index in [-0.39, 0.29) is 24.4 Å². The molecular weight excluding hydrogens is 357 g/mol. The van der Waals surface area contributed by atoms with Gasteiger partial charge in [0.05, 0.1) is 0 Å². The first-order valence-electron chi connectivity index (χ1n) is 9.72. The zero-order valence-corrected chi connectivity index (χ0v) is 16.3. The van der Waals surface area contributed by atoms with E-state index in [0.29, 0.717) is 0 Å². The lowest BCUT2D eigenvalue weighted by atomic mass is 10.1. The van der Waals surface area contributed by atoms with Crippen molar-refractivity contribution in [3.05, 3.63) is 65.5 Å². The van der Waals surface area contributed by atoms with E-state index < -0.39 is 0 Å². The minimum atomic E-state index is -0.218. The highest BCUT2D eigenvalue weighted by Crippen LogP contribution is 2.19. The van der Waals surface area contributed by atoms with E-state index in [1.807, 2.05) is 36.4 Å². The molecule has 1 aliphatic rings. The van der Waals surface area contributed by atoms with E-state index in [4.69, 9.17) is 0 Å². The molecule has 0 radical (unpaired) electrons. The standard InChI is InChI=1S/C22H28FN3O2/c1-17(28)24-21-8-4-18(5-9-21)14-25-11-12-26(22(16-25)10-13-27)15-19-2-6-20(23)7-3-19/h2-9,22,27H,10-16H2,1H3,(H,24,28). The lowest BCUT2D eigenvalue weighted by Gasteiger charge is -2.41. The highest BCUT2D eigenvalue weighted by molar-refractivity contribution is 5.88. The molecule has 5 nitrogen and oxygen atoms in total. The average Bonchev–Trinajstić information content (AvgIpc) is 2.67. The van der Waals surface area contributed by atoms with Crippen LogP contribution >= 0.6 is 0 Å². The number of hydrogen-bond acceptors (Lipinski definition) is 4. The smallest absolute Gasteiger partial charge is 0.221 e. The lowest BCUT2D eigenvalue weighted by molar-refractivity contribution is -0.114. The quantitative estimate of drug-likeness (QED) is 0.770. The summed E-state index contributed by atoms with van der Waals surface area (Å²) in [6.07, 6.45) is 0.721. The zero-order chi connectivity index (χ0) is 19.9. The van der Waals surface area contributed by atoms with Crippen LogP contribution in [0.2, 0.25) is 0 Å². The second kappa shape index (κ2) is 9.78. The Hall–Kier alpha value is -2.28. The van der Waals surface area contributed by atoms with Gasteiger partial charge in [0.25, 0.3) is 0 Å². The summed E-state index contributed by atoms with van der Waals surface area (Å²) in [5.74, 6) is -0.290. The summed E-state index contributed by atoms with van der Waals surface area (Å²) in [6.45, 7) is 6.00. The van der Waals surface area contributed by atoms with E-state index >= 15 is 0 Å². The van der Waals surface area contributed by atoms with Crippen molar-refractivity contribution in [1.29, 1.82) is 0 Å². The number of aliphatic hydroxyl groups is 1. The van der Waals surface area contributed by atoms with E-state index in [9.17, 15) is 14.3 Å². The molecule has 3 rings (SSSR count). The molecule has 1 atom stereocenters. The number of anilines is 1. The Morgan fingerprint density at radius 2 is 1.71 bits per heavy atom. The van der Waals surface area contributed by atoms with Crippen LogP contribution in [0.15, 0.2) is 48.5 Å². The minimum Gasteiger partial charge on any atom is -0.396 e. The van der Waals surface area contributed by atoms with Gasteiger partial charge in [-0.25, -0.2) is 4.39 Å². The summed E-state index contributed by atoms with van der Waals surface area (Å²) in [7, 11) is 0. The van der Waals surface area contributed by atoms with Gasteiger partial charge in [0.1, 0.15) is 5.82 Å². The van der Waals surface area contributed by atoms with Crippen LogP contribution in [-0.4, -0.2) is 53.1 Å². The number of nitrogens with one attached hydrogen (secondary N) is 1. The van der Waals surface area contributed by atoms with Crippen LogP contribution in [0.25, 0.3) is 0 Å². The Balaban J connectivity index is 1.58. The number of nitrogens with zero attached hydrogens (tertiary/aromatic N) is 2. The monoisotopic (exact) mass is 385 g/mol. The Kier molecular flexibility index (Phi) is 7.14. The SMILES string of the molecule is CC(=O)Nc1ccc(CN2CCN(Cc3ccc(F)cc3)C(CCO)C2)cc1. The Morgan fingerprint density at radius 3 is 2.36 bits per heavy atom. The summed E-state index contributed by atoms with van der Waals surface area (Å²) >= 11 is 0. The van der Waals surface area contributed by atoms with Gasteiger partial charge in [-0.3, -0.25) is 14.6 Å². The van der Waals surface area contributed by atoms with Crippen LogP contribution in [0.5, 0.6) is 0 Å². The minimum absolute atomic E-state index is 0.0723. The van der Waals surface area contributed by atoms with Crippen LogP contribution in [0.4, 0.5) is 10.1 Å². The summed E-state index contributed by atoms with van der Waals surface area (Å²) in [5, 5.41) is 12.3. The van der Waals surface area contributed by atoms with Gasteiger partial charge in [0.15, 0.2) is 0 Å². The first-order valence-corrected chi connectivity index (χ1v) is 9.72. The van der Waals surface area contributed by atoms with Crippen LogP contribution in [0, 0.1) is 5.82 Å². The number of carbonyl (C=O) groups is 1. The fourth-order valence-corrected chi connectivity index (χ4v) is 3.71. The average molecular weight is 385 g/mol. The van der Waals surface area contributed by atoms with E-state index in [2.05, 4.69) is 15.1 Å². The molecule has 2 N–H and O–H groups in total.